The molecule has 1 aromatic rings. The van der Waals surface area contributed by atoms with Gasteiger partial charge in [-0.3, -0.25) is 15.0 Å². The number of benzene rings is 1. The first-order chi connectivity index (χ1) is 8.83. The van der Waals surface area contributed by atoms with E-state index in [1.54, 1.807) is 13.0 Å². The Hall–Kier alpha value is -1.46. The van der Waals surface area contributed by atoms with Crippen molar-refractivity contribution in [2.24, 2.45) is 5.92 Å². The molecule has 0 aliphatic carbocycles. The third-order valence-electron chi connectivity index (χ3n) is 4.08. The van der Waals surface area contributed by atoms with E-state index >= 15 is 0 Å². The summed E-state index contributed by atoms with van der Waals surface area (Å²) in [4.78, 5) is 12.7. The number of hydrogen-bond donors (Lipinski definition) is 1. The third kappa shape index (κ3) is 2.62. The van der Waals surface area contributed by atoms with E-state index < -0.39 is 5.60 Å². The monoisotopic (exact) mass is 264 g/mol. The van der Waals surface area contributed by atoms with Crippen LogP contribution < -0.4 is 0 Å². The van der Waals surface area contributed by atoms with Crippen LogP contribution in [-0.2, 0) is 6.54 Å². The van der Waals surface area contributed by atoms with E-state index in [1.165, 1.54) is 6.07 Å². The molecule has 0 unspecified atom stereocenters. The molecule has 19 heavy (non-hydrogen) atoms. The van der Waals surface area contributed by atoms with Gasteiger partial charge in [0.05, 0.1) is 10.5 Å². The summed E-state index contributed by atoms with van der Waals surface area (Å²) in [7, 11) is 0. The zero-order chi connectivity index (χ0) is 14.2. The molecule has 0 spiro atoms. The van der Waals surface area contributed by atoms with Crippen LogP contribution in [0.5, 0.6) is 0 Å². The number of nitrogens with zero attached hydrogens (tertiary/aromatic N) is 2. The van der Waals surface area contributed by atoms with Crippen molar-refractivity contribution in [3.8, 4) is 0 Å². The molecule has 104 valence electrons. The molecule has 5 heteroatoms. The van der Waals surface area contributed by atoms with Gasteiger partial charge in [0.25, 0.3) is 5.69 Å². The molecular formula is C14H20N2O3. The van der Waals surface area contributed by atoms with Gasteiger partial charge in [0, 0.05) is 31.3 Å². The predicted molar refractivity (Wildman–Crippen MR) is 72.9 cm³/mol. The molecule has 0 saturated carbocycles. The largest absolute Gasteiger partial charge is 0.387 e. The second-order valence-corrected chi connectivity index (χ2v) is 5.72. The van der Waals surface area contributed by atoms with Gasteiger partial charge in [0.15, 0.2) is 0 Å². The molecule has 1 saturated heterocycles. The number of β-amino-alcohol motifs (C(OH)–C–C–N with tert-alkyl or cyclic N) is 1. The molecule has 1 N–H and O–H groups in total. The van der Waals surface area contributed by atoms with Crippen molar-refractivity contribution in [2.45, 2.75) is 32.9 Å². The summed E-state index contributed by atoms with van der Waals surface area (Å²) < 4.78 is 0. The fourth-order valence-corrected chi connectivity index (χ4v) is 2.48. The summed E-state index contributed by atoms with van der Waals surface area (Å²) in [5.41, 5.74) is 1.24. The van der Waals surface area contributed by atoms with E-state index in [2.05, 4.69) is 4.90 Å². The van der Waals surface area contributed by atoms with E-state index in [0.717, 1.165) is 5.56 Å². The summed E-state index contributed by atoms with van der Waals surface area (Å²) in [5, 5.41) is 21.1. The average Bonchev–Trinajstić information content (AvgIpc) is 2.28. The maximum absolute atomic E-state index is 10.9. The lowest BCUT2D eigenvalue weighted by Gasteiger charge is -2.49. The Balaban J connectivity index is 2.06. The van der Waals surface area contributed by atoms with Crippen molar-refractivity contribution in [3.63, 3.8) is 0 Å². The second kappa shape index (κ2) is 4.90. The van der Waals surface area contributed by atoms with Gasteiger partial charge in [-0.2, -0.15) is 0 Å². The Labute approximate surface area is 113 Å². The zero-order valence-electron chi connectivity index (χ0n) is 11.6. The summed E-state index contributed by atoms with van der Waals surface area (Å²) in [6.07, 6.45) is 0. The summed E-state index contributed by atoms with van der Waals surface area (Å²) in [6, 6.07) is 5.16. The molecule has 2 rings (SSSR count). The molecule has 0 amide bonds. The van der Waals surface area contributed by atoms with Gasteiger partial charge in [-0.25, -0.2) is 0 Å². The van der Waals surface area contributed by atoms with Crippen molar-refractivity contribution >= 4 is 5.69 Å². The highest BCUT2D eigenvalue weighted by atomic mass is 16.6. The van der Waals surface area contributed by atoms with Gasteiger partial charge in [-0.1, -0.05) is 26.0 Å². The van der Waals surface area contributed by atoms with Crippen LogP contribution in [0.15, 0.2) is 18.2 Å². The minimum atomic E-state index is -0.603. The highest BCUT2D eigenvalue weighted by Crippen LogP contribution is 2.31. The molecule has 1 fully saturated rings. The van der Waals surface area contributed by atoms with Crippen LogP contribution in [0.4, 0.5) is 5.69 Å². The van der Waals surface area contributed by atoms with Crippen LogP contribution in [-0.4, -0.2) is 33.6 Å². The normalized spacial score (nSPS) is 18.4. The van der Waals surface area contributed by atoms with Gasteiger partial charge in [-0.05, 0) is 18.4 Å². The molecule has 0 aromatic heterocycles. The highest BCUT2D eigenvalue weighted by molar-refractivity contribution is 5.44. The van der Waals surface area contributed by atoms with Crippen LogP contribution in [0.1, 0.15) is 25.0 Å². The maximum Gasteiger partial charge on any atom is 0.272 e. The number of nitro benzene ring substituents is 1. The summed E-state index contributed by atoms with van der Waals surface area (Å²) in [5.74, 6) is 0.231. The topological polar surface area (TPSA) is 66.6 Å². The lowest BCUT2D eigenvalue weighted by atomic mass is 9.82. The van der Waals surface area contributed by atoms with Gasteiger partial charge in [-0.15, -0.1) is 0 Å². The van der Waals surface area contributed by atoms with Crippen LogP contribution in [0.3, 0.4) is 0 Å². The quantitative estimate of drug-likeness (QED) is 0.668. The lowest BCUT2D eigenvalue weighted by molar-refractivity contribution is -0.385. The smallest absolute Gasteiger partial charge is 0.272 e. The van der Waals surface area contributed by atoms with E-state index in [4.69, 9.17) is 0 Å². The lowest BCUT2D eigenvalue weighted by Crippen LogP contribution is -2.63. The molecule has 0 radical (unpaired) electrons. The van der Waals surface area contributed by atoms with Crippen molar-refractivity contribution < 1.29 is 10.0 Å². The van der Waals surface area contributed by atoms with Crippen molar-refractivity contribution in [3.05, 3.63) is 39.4 Å². The molecule has 1 aromatic carbocycles. The fourth-order valence-electron chi connectivity index (χ4n) is 2.48. The minimum Gasteiger partial charge on any atom is -0.387 e. The maximum atomic E-state index is 10.9. The highest BCUT2D eigenvalue weighted by Gasteiger charge is 2.43. The van der Waals surface area contributed by atoms with Crippen molar-refractivity contribution in [2.75, 3.05) is 13.1 Å². The van der Waals surface area contributed by atoms with Crippen LogP contribution >= 0.6 is 0 Å². The molecule has 1 heterocycles. The standard InChI is InChI=1S/C14H20N2O3/c1-10(2)14(17)8-15(9-14)7-12-5-4-6-13(11(12)3)16(18)19/h4-6,10,17H,7-9H2,1-3H3. The van der Waals surface area contributed by atoms with Crippen LogP contribution in [0.2, 0.25) is 0 Å². The number of rotatable bonds is 4. The first kappa shape index (κ1) is 14.0. The van der Waals surface area contributed by atoms with Crippen LogP contribution in [0, 0.1) is 23.0 Å². The number of hydrogen-bond acceptors (Lipinski definition) is 4. The summed E-state index contributed by atoms with van der Waals surface area (Å²) >= 11 is 0. The van der Waals surface area contributed by atoms with E-state index in [0.29, 0.717) is 25.2 Å². The first-order valence-electron chi connectivity index (χ1n) is 6.51. The van der Waals surface area contributed by atoms with E-state index in [-0.39, 0.29) is 16.5 Å². The number of likely N-dealkylation sites (tertiary alicyclic amines) is 1. The molecule has 5 nitrogen and oxygen atoms in total. The third-order valence-corrected chi connectivity index (χ3v) is 4.08. The average molecular weight is 264 g/mol. The second-order valence-electron chi connectivity index (χ2n) is 5.72. The van der Waals surface area contributed by atoms with Gasteiger partial charge < -0.3 is 5.11 Å². The van der Waals surface area contributed by atoms with Crippen molar-refractivity contribution in [1.82, 2.24) is 4.90 Å². The van der Waals surface area contributed by atoms with Gasteiger partial charge in [0.1, 0.15) is 0 Å². The Kier molecular flexibility index (Phi) is 3.60. The Morgan fingerprint density at radius 2 is 2.11 bits per heavy atom. The van der Waals surface area contributed by atoms with E-state index in [1.807, 2.05) is 19.9 Å². The number of aliphatic hydroxyl groups is 1. The summed E-state index contributed by atoms with van der Waals surface area (Å²) in [6.45, 7) is 7.72. The van der Waals surface area contributed by atoms with Gasteiger partial charge >= 0.3 is 0 Å². The minimum absolute atomic E-state index is 0.164. The Morgan fingerprint density at radius 3 is 2.63 bits per heavy atom. The SMILES string of the molecule is Cc1c(CN2CC(O)(C(C)C)C2)cccc1[N+](=O)[O-]. The number of nitro groups is 1. The van der Waals surface area contributed by atoms with Crippen LogP contribution in [0.25, 0.3) is 0 Å². The van der Waals surface area contributed by atoms with Crippen molar-refractivity contribution in [1.29, 1.82) is 0 Å². The molecule has 1 aliphatic heterocycles. The molecule has 0 bridgehead atoms. The fraction of sp³-hybridized carbons (Fsp3) is 0.571. The van der Waals surface area contributed by atoms with E-state index in [9.17, 15) is 15.2 Å². The molecular weight excluding hydrogens is 244 g/mol. The Morgan fingerprint density at radius 1 is 1.47 bits per heavy atom. The predicted octanol–water partition coefficient (Wildman–Crippen LogP) is 2.11. The molecule has 0 atom stereocenters. The molecule has 1 aliphatic rings. The Bertz CT molecular complexity index is 493. The zero-order valence-corrected chi connectivity index (χ0v) is 11.6. The first-order valence-corrected chi connectivity index (χ1v) is 6.51. The van der Waals surface area contributed by atoms with Gasteiger partial charge in [0.2, 0.25) is 0 Å².